The third-order valence-corrected chi connectivity index (χ3v) is 4.34. The molecule has 122 valence electrons. The van der Waals surface area contributed by atoms with Crippen molar-refractivity contribution in [3.8, 4) is 5.75 Å². The van der Waals surface area contributed by atoms with Gasteiger partial charge in [-0.3, -0.25) is 4.79 Å². The van der Waals surface area contributed by atoms with Gasteiger partial charge in [0.25, 0.3) is 0 Å². The molecule has 0 saturated heterocycles. The Morgan fingerprint density at radius 2 is 1.91 bits per heavy atom. The minimum atomic E-state index is -4.18. The summed E-state index contributed by atoms with van der Waals surface area (Å²) in [6.45, 7) is 2.71. The molecule has 2 rings (SSSR count). The van der Waals surface area contributed by atoms with Crippen molar-refractivity contribution in [2.75, 3.05) is 5.32 Å². The summed E-state index contributed by atoms with van der Waals surface area (Å²) < 4.78 is 42.9. The van der Waals surface area contributed by atoms with E-state index in [4.69, 9.17) is 15.8 Å². The van der Waals surface area contributed by atoms with E-state index in [1.807, 2.05) is 0 Å². The number of amides is 1. The van der Waals surface area contributed by atoms with Crippen LogP contribution in [0.2, 0.25) is 5.02 Å². The number of nitrogens with one attached hydrogen (secondary N) is 1. The van der Waals surface area contributed by atoms with Crippen molar-refractivity contribution in [1.29, 1.82) is 0 Å². The van der Waals surface area contributed by atoms with E-state index >= 15 is 0 Å². The summed E-state index contributed by atoms with van der Waals surface area (Å²) in [5.74, 6) is -1.02. The van der Waals surface area contributed by atoms with Gasteiger partial charge in [-0.2, -0.15) is 8.42 Å². The van der Waals surface area contributed by atoms with Gasteiger partial charge in [0.1, 0.15) is 10.7 Å². The lowest BCUT2D eigenvalue weighted by Gasteiger charge is -2.12. The molecule has 0 saturated carbocycles. The fourth-order valence-electron chi connectivity index (χ4n) is 1.80. The van der Waals surface area contributed by atoms with Gasteiger partial charge in [-0.05, 0) is 48.9 Å². The Bertz CT molecular complexity index is 868. The number of carbonyl (C=O) groups excluding carboxylic acids is 1. The van der Waals surface area contributed by atoms with E-state index in [1.54, 1.807) is 0 Å². The highest BCUT2D eigenvalue weighted by Gasteiger charge is 2.20. The summed E-state index contributed by atoms with van der Waals surface area (Å²) in [4.78, 5) is 11.0. The molecule has 0 atom stereocenters. The van der Waals surface area contributed by atoms with Gasteiger partial charge in [-0.1, -0.05) is 11.6 Å². The first kappa shape index (κ1) is 17.2. The van der Waals surface area contributed by atoms with Gasteiger partial charge in [-0.15, -0.1) is 0 Å². The minimum absolute atomic E-state index is 0.0911. The van der Waals surface area contributed by atoms with E-state index in [1.165, 1.54) is 38.1 Å². The molecule has 0 radical (unpaired) electrons. The number of benzene rings is 2. The highest BCUT2D eigenvalue weighted by atomic mass is 35.5. The molecule has 8 heteroatoms. The second-order valence-electron chi connectivity index (χ2n) is 4.77. The quantitative estimate of drug-likeness (QED) is 0.850. The molecule has 0 aliphatic carbocycles. The molecule has 0 bridgehead atoms. The topological polar surface area (TPSA) is 72.5 Å². The summed E-state index contributed by atoms with van der Waals surface area (Å²) >= 11 is 5.83. The Morgan fingerprint density at radius 3 is 2.52 bits per heavy atom. The molecular formula is C15H13ClFNO4S. The fourth-order valence-corrected chi connectivity index (χ4v) is 3.01. The average Bonchev–Trinajstić information content (AvgIpc) is 2.44. The van der Waals surface area contributed by atoms with Crippen LogP contribution in [0, 0.1) is 12.7 Å². The summed E-state index contributed by atoms with van der Waals surface area (Å²) in [7, 11) is -4.18. The van der Waals surface area contributed by atoms with Crippen LogP contribution in [0.1, 0.15) is 12.5 Å². The predicted molar refractivity (Wildman–Crippen MR) is 84.7 cm³/mol. The zero-order chi connectivity index (χ0) is 17.2. The average molecular weight is 358 g/mol. The van der Waals surface area contributed by atoms with Gasteiger partial charge in [0.2, 0.25) is 5.91 Å². The lowest BCUT2D eigenvalue weighted by atomic mass is 10.2. The van der Waals surface area contributed by atoms with Crippen LogP contribution in [0.5, 0.6) is 5.75 Å². The number of carbonyl (C=O) groups is 1. The third kappa shape index (κ3) is 4.20. The fraction of sp³-hybridized carbons (Fsp3) is 0.133. The summed E-state index contributed by atoms with van der Waals surface area (Å²) in [5, 5.41) is 2.74. The van der Waals surface area contributed by atoms with Crippen LogP contribution in [-0.4, -0.2) is 14.3 Å². The summed E-state index contributed by atoms with van der Waals surface area (Å²) in [6.07, 6.45) is 0. The highest BCUT2D eigenvalue weighted by Crippen LogP contribution is 2.30. The molecule has 2 aromatic rings. The first-order valence-electron chi connectivity index (χ1n) is 6.47. The lowest BCUT2D eigenvalue weighted by molar-refractivity contribution is -0.114. The molecule has 0 aromatic heterocycles. The first-order chi connectivity index (χ1) is 10.7. The van der Waals surface area contributed by atoms with E-state index in [9.17, 15) is 17.6 Å². The SMILES string of the molecule is CC(=O)Nc1cc(Cl)ccc1OS(=O)(=O)c1ccc(F)c(C)c1. The monoisotopic (exact) mass is 357 g/mol. The Labute approximate surface area is 138 Å². The maximum Gasteiger partial charge on any atom is 0.339 e. The number of halogens is 2. The molecule has 23 heavy (non-hydrogen) atoms. The highest BCUT2D eigenvalue weighted by molar-refractivity contribution is 7.87. The lowest BCUT2D eigenvalue weighted by Crippen LogP contribution is -2.13. The van der Waals surface area contributed by atoms with Crippen molar-refractivity contribution in [2.24, 2.45) is 0 Å². The minimum Gasteiger partial charge on any atom is -0.377 e. The molecule has 5 nitrogen and oxygen atoms in total. The molecule has 0 heterocycles. The van der Waals surface area contributed by atoms with Crippen molar-refractivity contribution >= 4 is 33.3 Å². The van der Waals surface area contributed by atoms with Gasteiger partial charge in [0.15, 0.2) is 5.75 Å². The Hall–Kier alpha value is -2.12. The van der Waals surface area contributed by atoms with Crippen molar-refractivity contribution in [2.45, 2.75) is 18.7 Å². The summed E-state index contributed by atoms with van der Waals surface area (Å²) in [5.41, 5.74) is 0.292. The maximum absolute atomic E-state index is 13.3. The van der Waals surface area contributed by atoms with E-state index in [-0.39, 0.29) is 21.9 Å². The maximum atomic E-state index is 13.3. The van der Waals surface area contributed by atoms with Crippen LogP contribution in [0.4, 0.5) is 10.1 Å². The molecule has 0 aliphatic rings. The van der Waals surface area contributed by atoms with E-state index < -0.39 is 21.8 Å². The molecule has 0 fully saturated rings. The Morgan fingerprint density at radius 1 is 1.22 bits per heavy atom. The molecular weight excluding hydrogens is 345 g/mol. The van der Waals surface area contributed by atoms with Crippen molar-refractivity contribution < 1.29 is 21.8 Å². The van der Waals surface area contributed by atoms with Gasteiger partial charge in [0.05, 0.1) is 5.69 Å². The zero-order valence-corrected chi connectivity index (χ0v) is 13.8. The van der Waals surface area contributed by atoms with Gasteiger partial charge >= 0.3 is 10.1 Å². The van der Waals surface area contributed by atoms with Crippen molar-refractivity contribution in [3.05, 3.63) is 52.8 Å². The van der Waals surface area contributed by atoms with Crippen molar-refractivity contribution in [1.82, 2.24) is 0 Å². The van der Waals surface area contributed by atoms with Crippen LogP contribution in [-0.2, 0) is 14.9 Å². The molecule has 1 amide bonds. The molecule has 0 unspecified atom stereocenters. The predicted octanol–water partition coefficient (Wildman–Crippen LogP) is 3.51. The van der Waals surface area contributed by atoms with Gasteiger partial charge in [0, 0.05) is 11.9 Å². The Balaban J connectivity index is 2.40. The standard InChI is InChI=1S/C15H13ClFNO4S/c1-9-7-12(4-5-13(9)17)23(20,21)22-15-6-3-11(16)8-14(15)18-10(2)19/h3-8H,1-2H3,(H,18,19). The largest absolute Gasteiger partial charge is 0.377 e. The molecule has 0 spiro atoms. The van der Waals surface area contributed by atoms with Crippen LogP contribution in [0.25, 0.3) is 0 Å². The number of hydrogen-bond acceptors (Lipinski definition) is 4. The van der Waals surface area contributed by atoms with Gasteiger partial charge < -0.3 is 9.50 Å². The van der Waals surface area contributed by atoms with Crippen LogP contribution in [0.3, 0.4) is 0 Å². The Kier molecular flexibility index (Phi) is 4.91. The van der Waals surface area contributed by atoms with E-state index in [2.05, 4.69) is 5.32 Å². The number of rotatable bonds is 4. The zero-order valence-electron chi connectivity index (χ0n) is 12.3. The number of hydrogen-bond donors (Lipinski definition) is 1. The third-order valence-electron chi connectivity index (χ3n) is 2.87. The van der Waals surface area contributed by atoms with E-state index in [0.717, 1.165) is 12.1 Å². The molecule has 2 aromatic carbocycles. The van der Waals surface area contributed by atoms with Crippen LogP contribution >= 0.6 is 11.6 Å². The number of anilines is 1. The second kappa shape index (κ2) is 6.55. The summed E-state index contributed by atoms with van der Waals surface area (Å²) in [6, 6.07) is 7.42. The van der Waals surface area contributed by atoms with Gasteiger partial charge in [-0.25, -0.2) is 4.39 Å². The molecule has 1 N–H and O–H groups in total. The van der Waals surface area contributed by atoms with Crippen LogP contribution < -0.4 is 9.50 Å². The van der Waals surface area contributed by atoms with Crippen LogP contribution in [0.15, 0.2) is 41.3 Å². The van der Waals surface area contributed by atoms with E-state index in [0.29, 0.717) is 5.02 Å². The first-order valence-corrected chi connectivity index (χ1v) is 8.25. The second-order valence-corrected chi connectivity index (χ2v) is 6.75. The molecule has 0 aliphatic heterocycles. The number of aryl methyl sites for hydroxylation is 1. The van der Waals surface area contributed by atoms with Crippen molar-refractivity contribution in [3.63, 3.8) is 0 Å². The smallest absolute Gasteiger partial charge is 0.339 e. The normalized spacial score (nSPS) is 11.1.